The Kier molecular flexibility index (Phi) is 5.33. The number of piperazine rings is 1. The standard InChI is InChI=1S/C19H25N3O2/c1-21(19(23)14-22-9-7-20-8-10-22)13-15-3-4-17-12-18(24-2)6-5-16(17)11-15/h3-6,11-12,20H,7-10,13-14H2,1-2H3. The van der Waals surface area contributed by atoms with Crippen molar-refractivity contribution in [1.82, 2.24) is 15.1 Å². The molecule has 2 aromatic rings. The number of hydrogen-bond acceptors (Lipinski definition) is 4. The highest BCUT2D eigenvalue weighted by Gasteiger charge is 2.16. The van der Waals surface area contributed by atoms with Crippen molar-refractivity contribution in [2.75, 3.05) is 46.9 Å². The van der Waals surface area contributed by atoms with Crippen LogP contribution in [0.15, 0.2) is 36.4 Å². The van der Waals surface area contributed by atoms with Crippen molar-refractivity contribution in [2.24, 2.45) is 0 Å². The van der Waals surface area contributed by atoms with Gasteiger partial charge >= 0.3 is 0 Å². The summed E-state index contributed by atoms with van der Waals surface area (Å²) in [5.41, 5.74) is 1.14. The summed E-state index contributed by atoms with van der Waals surface area (Å²) < 4.78 is 5.26. The van der Waals surface area contributed by atoms with Crippen molar-refractivity contribution in [2.45, 2.75) is 6.54 Å². The number of carbonyl (C=O) groups is 1. The number of hydrogen-bond donors (Lipinski definition) is 1. The van der Waals surface area contributed by atoms with Gasteiger partial charge in [-0.1, -0.05) is 18.2 Å². The summed E-state index contributed by atoms with van der Waals surface area (Å²) in [5, 5.41) is 5.62. The number of amides is 1. The average molecular weight is 327 g/mol. The first-order valence-corrected chi connectivity index (χ1v) is 8.39. The number of likely N-dealkylation sites (N-methyl/N-ethyl adjacent to an activating group) is 1. The lowest BCUT2D eigenvalue weighted by molar-refractivity contribution is -0.131. The minimum atomic E-state index is 0.173. The molecular weight excluding hydrogens is 302 g/mol. The number of rotatable bonds is 5. The smallest absolute Gasteiger partial charge is 0.236 e. The first kappa shape index (κ1) is 16.7. The van der Waals surface area contributed by atoms with Crippen LogP contribution in [0, 0.1) is 0 Å². The van der Waals surface area contributed by atoms with Gasteiger partial charge in [-0.25, -0.2) is 0 Å². The number of nitrogens with zero attached hydrogens (tertiary/aromatic N) is 2. The molecule has 0 bridgehead atoms. The topological polar surface area (TPSA) is 44.8 Å². The first-order chi connectivity index (χ1) is 11.7. The molecule has 0 aromatic heterocycles. The van der Waals surface area contributed by atoms with Crippen LogP contribution in [0.3, 0.4) is 0 Å². The van der Waals surface area contributed by atoms with Crippen molar-refractivity contribution in [3.63, 3.8) is 0 Å². The normalized spacial score (nSPS) is 15.4. The van der Waals surface area contributed by atoms with E-state index in [9.17, 15) is 4.79 Å². The largest absolute Gasteiger partial charge is 0.497 e. The minimum absolute atomic E-state index is 0.173. The second-order valence-electron chi connectivity index (χ2n) is 6.32. The summed E-state index contributed by atoms with van der Waals surface area (Å²) in [6.07, 6.45) is 0. The fraction of sp³-hybridized carbons (Fsp3) is 0.421. The summed E-state index contributed by atoms with van der Waals surface area (Å²) in [7, 11) is 3.55. The lowest BCUT2D eigenvalue weighted by Gasteiger charge is -2.28. The zero-order valence-corrected chi connectivity index (χ0v) is 14.4. The second kappa shape index (κ2) is 7.64. The van der Waals surface area contributed by atoms with E-state index in [1.165, 1.54) is 0 Å². The Morgan fingerprint density at radius 1 is 1.17 bits per heavy atom. The van der Waals surface area contributed by atoms with Crippen LogP contribution >= 0.6 is 0 Å². The molecule has 0 unspecified atom stereocenters. The third kappa shape index (κ3) is 4.04. The number of nitrogens with one attached hydrogen (secondary N) is 1. The highest BCUT2D eigenvalue weighted by atomic mass is 16.5. The number of carbonyl (C=O) groups excluding carboxylic acids is 1. The maximum Gasteiger partial charge on any atom is 0.236 e. The molecule has 0 radical (unpaired) electrons. The van der Waals surface area contributed by atoms with Crippen molar-refractivity contribution in [3.8, 4) is 5.75 Å². The van der Waals surface area contributed by atoms with Gasteiger partial charge in [0.05, 0.1) is 13.7 Å². The van der Waals surface area contributed by atoms with Gasteiger partial charge in [0.15, 0.2) is 0 Å². The minimum Gasteiger partial charge on any atom is -0.497 e. The lowest BCUT2D eigenvalue weighted by atomic mass is 10.1. The molecule has 1 heterocycles. The van der Waals surface area contributed by atoms with E-state index in [1.54, 1.807) is 7.11 Å². The van der Waals surface area contributed by atoms with Crippen LogP contribution in [0.4, 0.5) is 0 Å². The van der Waals surface area contributed by atoms with Crippen LogP contribution in [0.1, 0.15) is 5.56 Å². The Labute approximate surface area is 143 Å². The molecule has 3 rings (SSSR count). The summed E-state index contributed by atoms with van der Waals surface area (Å²) in [6.45, 7) is 4.95. The van der Waals surface area contributed by atoms with Gasteiger partial charge in [0, 0.05) is 39.8 Å². The molecule has 1 saturated heterocycles. The van der Waals surface area contributed by atoms with E-state index >= 15 is 0 Å². The maximum absolute atomic E-state index is 12.4. The molecular formula is C19H25N3O2. The van der Waals surface area contributed by atoms with E-state index in [0.29, 0.717) is 13.1 Å². The number of methoxy groups -OCH3 is 1. The van der Waals surface area contributed by atoms with Crippen LogP contribution in [0.5, 0.6) is 5.75 Å². The zero-order valence-electron chi connectivity index (χ0n) is 14.4. The Hall–Kier alpha value is -2.11. The van der Waals surface area contributed by atoms with E-state index in [4.69, 9.17) is 4.74 Å². The van der Waals surface area contributed by atoms with Gasteiger partial charge in [-0.05, 0) is 34.5 Å². The van der Waals surface area contributed by atoms with Gasteiger partial charge in [-0.15, -0.1) is 0 Å². The summed E-state index contributed by atoms with van der Waals surface area (Å²) in [4.78, 5) is 16.4. The highest BCUT2D eigenvalue weighted by Crippen LogP contribution is 2.22. The molecule has 1 fully saturated rings. The average Bonchev–Trinajstić information content (AvgIpc) is 2.62. The molecule has 0 spiro atoms. The molecule has 0 aliphatic carbocycles. The Morgan fingerprint density at radius 2 is 1.88 bits per heavy atom. The van der Waals surface area contributed by atoms with E-state index < -0.39 is 0 Å². The molecule has 0 atom stereocenters. The quantitative estimate of drug-likeness (QED) is 0.908. The predicted molar refractivity (Wildman–Crippen MR) is 96.3 cm³/mol. The monoisotopic (exact) mass is 327 g/mol. The van der Waals surface area contributed by atoms with Crippen LogP contribution in [-0.2, 0) is 11.3 Å². The van der Waals surface area contributed by atoms with Crippen molar-refractivity contribution in [3.05, 3.63) is 42.0 Å². The summed E-state index contributed by atoms with van der Waals surface area (Å²) in [5.74, 6) is 1.03. The highest BCUT2D eigenvalue weighted by molar-refractivity contribution is 5.84. The van der Waals surface area contributed by atoms with Gasteiger partial charge in [-0.2, -0.15) is 0 Å². The molecule has 1 aliphatic heterocycles. The predicted octanol–water partition coefficient (Wildman–Crippen LogP) is 1.71. The van der Waals surface area contributed by atoms with Crippen molar-refractivity contribution in [1.29, 1.82) is 0 Å². The van der Waals surface area contributed by atoms with Gasteiger partial charge in [0.25, 0.3) is 0 Å². The molecule has 5 heteroatoms. The Bertz CT molecular complexity index is 711. The fourth-order valence-corrected chi connectivity index (χ4v) is 3.04. The molecule has 24 heavy (non-hydrogen) atoms. The van der Waals surface area contributed by atoms with Crippen LogP contribution in [0.25, 0.3) is 10.8 Å². The zero-order chi connectivity index (χ0) is 16.9. The summed E-state index contributed by atoms with van der Waals surface area (Å²) >= 11 is 0. The molecule has 1 amide bonds. The molecule has 0 saturated carbocycles. The van der Waals surface area contributed by atoms with Gasteiger partial charge in [0.1, 0.15) is 5.75 Å². The SMILES string of the molecule is COc1ccc2cc(CN(C)C(=O)CN3CCNCC3)ccc2c1. The van der Waals surface area contributed by atoms with Crippen molar-refractivity contribution >= 4 is 16.7 Å². The third-order valence-electron chi connectivity index (χ3n) is 4.53. The molecule has 128 valence electrons. The molecule has 1 aliphatic rings. The second-order valence-corrected chi connectivity index (χ2v) is 6.32. The van der Waals surface area contributed by atoms with Crippen molar-refractivity contribution < 1.29 is 9.53 Å². The number of ether oxygens (including phenoxy) is 1. The van der Waals surface area contributed by atoms with Crippen LogP contribution in [-0.4, -0.2) is 62.6 Å². The number of benzene rings is 2. The molecule has 2 aromatic carbocycles. The third-order valence-corrected chi connectivity index (χ3v) is 4.53. The van der Waals surface area contributed by atoms with Crippen LogP contribution in [0.2, 0.25) is 0 Å². The van der Waals surface area contributed by atoms with Crippen LogP contribution < -0.4 is 10.1 Å². The number of fused-ring (bicyclic) bond motifs is 1. The fourth-order valence-electron chi connectivity index (χ4n) is 3.04. The van der Waals surface area contributed by atoms with E-state index in [1.807, 2.05) is 24.1 Å². The Balaban J connectivity index is 1.63. The summed E-state index contributed by atoms with van der Waals surface area (Å²) in [6, 6.07) is 12.4. The molecule has 1 N–H and O–H groups in total. The van der Waals surface area contributed by atoms with E-state index in [0.717, 1.165) is 48.3 Å². The van der Waals surface area contributed by atoms with Gasteiger partial charge in [0.2, 0.25) is 5.91 Å². The molecule has 5 nitrogen and oxygen atoms in total. The van der Waals surface area contributed by atoms with Gasteiger partial charge in [-0.3, -0.25) is 9.69 Å². The lowest BCUT2D eigenvalue weighted by Crippen LogP contribution is -2.47. The first-order valence-electron chi connectivity index (χ1n) is 8.39. The van der Waals surface area contributed by atoms with E-state index in [-0.39, 0.29) is 5.91 Å². The van der Waals surface area contributed by atoms with Gasteiger partial charge < -0.3 is 15.0 Å². The Morgan fingerprint density at radius 3 is 2.62 bits per heavy atom. The maximum atomic E-state index is 12.4. The van der Waals surface area contributed by atoms with E-state index in [2.05, 4.69) is 34.5 Å².